The van der Waals surface area contributed by atoms with E-state index in [4.69, 9.17) is 0 Å². The number of hydrogen-bond acceptors (Lipinski definition) is 3. The fraction of sp³-hybridized carbons (Fsp3) is 0.259. The molecule has 1 aromatic heterocycles. The third-order valence-electron chi connectivity index (χ3n) is 6.25. The third kappa shape index (κ3) is 5.36. The quantitative estimate of drug-likeness (QED) is 0.242. The number of aromatic nitrogens is 2. The molecule has 1 amide bonds. The molecule has 0 bridgehead atoms. The average Bonchev–Trinajstić information content (AvgIpc) is 3.52. The summed E-state index contributed by atoms with van der Waals surface area (Å²) in [4.78, 5) is 18.2. The fourth-order valence-corrected chi connectivity index (χ4v) is 5.34. The Hall–Kier alpha value is -3.46. The molecule has 5 nitrogen and oxygen atoms in total. The van der Waals surface area contributed by atoms with Crippen LogP contribution in [0.1, 0.15) is 24.0 Å². The monoisotopic (exact) mass is 511 g/mol. The van der Waals surface area contributed by atoms with Crippen LogP contribution < -0.4 is 14.8 Å². The predicted molar refractivity (Wildman–Crippen MR) is 136 cm³/mol. The molecule has 36 heavy (non-hydrogen) atoms. The number of nitrogens with zero attached hydrogens (tertiary/aromatic N) is 2. The van der Waals surface area contributed by atoms with E-state index in [-0.39, 0.29) is 11.7 Å². The number of rotatable bonds is 7. The van der Waals surface area contributed by atoms with Gasteiger partial charge in [0.1, 0.15) is 6.54 Å². The van der Waals surface area contributed by atoms with Gasteiger partial charge in [-0.15, -0.1) is 0 Å². The number of alkyl halides is 3. The highest BCUT2D eigenvalue weighted by molar-refractivity contribution is 7.99. The second-order valence-corrected chi connectivity index (χ2v) is 9.74. The van der Waals surface area contributed by atoms with Crippen molar-refractivity contribution < 1.29 is 22.5 Å². The third-order valence-corrected chi connectivity index (χ3v) is 7.25. The number of anilines is 2. The van der Waals surface area contributed by atoms with Crippen LogP contribution in [0.25, 0.3) is 11.0 Å². The number of hydrogen-bond donors (Lipinski definition) is 2. The number of halogens is 3. The molecule has 1 aliphatic rings. The second-order valence-electron chi connectivity index (χ2n) is 8.78. The molecular formula is C27H26F3N4OS+. The van der Waals surface area contributed by atoms with E-state index >= 15 is 0 Å². The summed E-state index contributed by atoms with van der Waals surface area (Å²) in [6.07, 6.45) is -2.60. The minimum Gasteiger partial charge on any atom is -0.370 e. The smallest absolute Gasteiger partial charge is 0.370 e. The molecule has 0 radical (unpaired) electrons. The van der Waals surface area contributed by atoms with E-state index < -0.39 is 11.7 Å². The van der Waals surface area contributed by atoms with E-state index in [0.29, 0.717) is 31.0 Å². The minimum atomic E-state index is -4.44. The van der Waals surface area contributed by atoms with Crippen LogP contribution in [0.3, 0.4) is 0 Å². The van der Waals surface area contributed by atoms with Crippen LogP contribution in [0.2, 0.25) is 0 Å². The van der Waals surface area contributed by atoms with Gasteiger partial charge in [0.15, 0.2) is 11.0 Å². The Bertz CT molecular complexity index is 1360. The van der Waals surface area contributed by atoms with E-state index in [0.717, 1.165) is 46.7 Å². The molecule has 186 valence electrons. The number of fused-ring (bicyclic) bond motifs is 1. The molecule has 0 atom stereocenters. The zero-order valence-corrected chi connectivity index (χ0v) is 20.3. The highest BCUT2D eigenvalue weighted by Crippen LogP contribution is 2.37. The summed E-state index contributed by atoms with van der Waals surface area (Å²) in [5, 5.41) is 3.68. The number of thioether (sulfide) groups is 1. The van der Waals surface area contributed by atoms with Gasteiger partial charge in [-0.3, -0.25) is 4.79 Å². The molecule has 0 spiro atoms. The van der Waals surface area contributed by atoms with Crippen molar-refractivity contribution in [2.45, 2.75) is 30.7 Å². The molecule has 0 saturated carbocycles. The average molecular weight is 512 g/mol. The topological polar surface area (TPSA) is 52.0 Å². The van der Waals surface area contributed by atoms with Gasteiger partial charge in [-0.25, -0.2) is 9.55 Å². The van der Waals surface area contributed by atoms with Gasteiger partial charge in [-0.2, -0.15) is 13.2 Å². The SMILES string of the molecule is O=C(CSc1[nH]c2ccccc2[n+]1Cc1ccccc1)Nc1ccc(C(F)(F)F)cc1N1CCCC1. The lowest BCUT2D eigenvalue weighted by Crippen LogP contribution is -2.36. The van der Waals surface area contributed by atoms with Crippen LogP contribution in [-0.2, 0) is 17.5 Å². The summed E-state index contributed by atoms with van der Waals surface area (Å²) in [7, 11) is 0. The summed E-state index contributed by atoms with van der Waals surface area (Å²) in [6, 6.07) is 21.5. The lowest BCUT2D eigenvalue weighted by Gasteiger charge is -2.23. The van der Waals surface area contributed by atoms with Gasteiger partial charge in [0.25, 0.3) is 0 Å². The highest BCUT2D eigenvalue weighted by atomic mass is 32.2. The zero-order chi connectivity index (χ0) is 25.1. The first kappa shape index (κ1) is 24.2. The van der Waals surface area contributed by atoms with Crippen molar-refractivity contribution in [1.29, 1.82) is 0 Å². The van der Waals surface area contributed by atoms with Gasteiger partial charge in [0.2, 0.25) is 5.91 Å². The number of imidazole rings is 1. The van der Waals surface area contributed by atoms with Crippen LogP contribution in [0, 0.1) is 0 Å². The molecule has 2 heterocycles. The summed E-state index contributed by atoms with van der Waals surface area (Å²) in [6.45, 7) is 1.99. The molecule has 0 aliphatic carbocycles. The first-order valence-corrected chi connectivity index (χ1v) is 12.8. The molecule has 1 aliphatic heterocycles. The van der Waals surface area contributed by atoms with E-state index in [2.05, 4.69) is 27.0 Å². The van der Waals surface area contributed by atoms with E-state index in [1.54, 1.807) is 0 Å². The summed E-state index contributed by atoms with van der Waals surface area (Å²) in [5.41, 5.74) is 3.25. The standard InChI is InChI=1S/C27H25F3N4OS/c28-27(29,30)20-12-13-22(24(16-20)33-14-6-7-15-33)31-25(35)18-36-26-32-21-10-4-5-11-23(21)34(26)17-19-8-2-1-3-9-19/h1-5,8-13,16H,6-7,14-15,17-18H2,(H,31,35)/p+1. The van der Waals surface area contributed by atoms with Crippen LogP contribution in [0.5, 0.6) is 0 Å². The first-order chi connectivity index (χ1) is 17.4. The van der Waals surface area contributed by atoms with E-state index in [9.17, 15) is 18.0 Å². The van der Waals surface area contributed by atoms with Crippen molar-refractivity contribution in [2.24, 2.45) is 0 Å². The normalized spacial score (nSPS) is 13.9. The van der Waals surface area contributed by atoms with Crippen molar-refractivity contribution in [3.05, 3.63) is 83.9 Å². The van der Waals surface area contributed by atoms with Gasteiger partial charge < -0.3 is 10.2 Å². The summed E-state index contributed by atoms with van der Waals surface area (Å²) >= 11 is 1.37. The lowest BCUT2D eigenvalue weighted by atomic mass is 10.1. The van der Waals surface area contributed by atoms with Gasteiger partial charge in [-0.1, -0.05) is 42.5 Å². The maximum absolute atomic E-state index is 13.3. The van der Waals surface area contributed by atoms with Crippen LogP contribution in [0.4, 0.5) is 24.5 Å². The van der Waals surface area contributed by atoms with Crippen LogP contribution >= 0.6 is 11.8 Å². The Kier molecular flexibility index (Phi) is 6.91. The minimum absolute atomic E-state index is 0.113. The molecule has 1 saturated heterocycles. The van der Waals surface area contributed by atoms with Crippen LogP contribution in [-0.4, -0.2) is 29.7 Å². The number of benzene rings is 3. The van der Waals surface area contributed by atoms with Crippen molar-refractivity contribution in [2.75, 3.05) is 29.1 Å². The van der Waals surface area contributed by atoms with Crippen LogP contribution in [0.15, 0.2) is 78.0 Å². The zero-order valence-electron chi connectivity index (χ0n) is 19.5. The van der Waals surface area contributed by atoms with Crippen molar-refractivity contribution >= 4 is 40.1 Å². The molecule has 0 unspecified atom stereocenters. The van der Waals surface area contributed by atoms with Gasteiger partial charge in [0, 0.05) is 13.1 Å². The Morgan fingerprint density at radius 1 is 1.00 bits per heavy atom. The van der Waals surface area contributed by atoms with Gasteiger partial charge in [-0.05, 0) is 60.5 Å². The number of amides is 1. The van der Waals surface area contributed by atoms with Crippen molar-refractivity contribution in [3.63, 3.8) is 0 Å². The van der Waals surface area contributed by atoms with E-state index in [1.165, 1.54) is 17.8 Å². The Balaban J connectivity index is 1.35. The largest absolute Gasteiger partial charge is 0.416 e. The number of H-pyrrole nitrogens is 1. The predicted octanol–water partition coefficient (Wildman–Crippen LogP) is 5.85. The second kappa shape index (κ2) is 10.3. The first-order valence-electron chi connectivity index (χ1n) is 11.8. The fourth-order valence-electron chi connectivity index (χ4n) is 4.50. The number of aromatic amines is 1. The van der Waals surface area contributed by atoms with E-state index in [1.807, 2.05) is 47.4 Å². The number of carbonyl (C=O) groups is 1. The number of carbonyl (C=O) groups excluding carboxylic acids is 1. The molecular weight excluding hydrogens is 485 g/mol. The van der Waals surface area contributed by atoms with Crippen molar-refractivity contribution in [3.8, 4) is 0 Å². The van der Waals surface area contributed by atoms with Crippen molar-refractivity contribution in [1.82, 2.24) is 4.98 Å². The summed E-state index contributed by atoms with van der Waals surface area (Å²) in [5.74, 6) is -0.160. The molecule has 5 rings (SSSR count). The van der Waals surface area contributed by atoms with Gasteiger partial charge in [0.05, 0.1) is 22.7 Å². The maximum atomic E-state index is 13.3. The molecule has 4 aromatic rings. The Labute approximate surface area is 211 Å². The Morgan fingerprint density at radius 2 is 1.72 bits per heavy atom. The Morgan fingerprint density at radius 3 is 2.47 bits per heavy atom. The maximum Gasteiger partial charge on any atom is 0.416 e. The summed E-state index contributed by atoms with van der Waals surface area (Å²) < 4.78 is 42.1. The molecule has 2 N–H and O–H groups in total. The number of para-hydroxylation sites is 2. The lowest BCUT2D eigenvalue weighted by molar-refractivity contribution is -0.700. The molecule has 9 heteroatoms. The van der Waals surface area contributed by atoms with Gasteiger partial charge >= 0.3 is 11.3 Å². The number of nitrogens with one attached hydrogen (secondary N) is 2. The molecule has 1 fully saturated rings. The highest BCUT2D eigenvalue weighted by Gasteiger charge is 2.32. The molecule has 3 aromatic carbocycles.